The Morgan fingerprint density at radius 3 is 2.56 bits per heavy atom. The molecule has 0 unspecified atom stereocenters. The topological polar surface area (TPSA) is 70.4 Å². The first-order valence-electron chi connectivity index (χ1n) is 6.27. The van der Waals surface area contributed by atoms with Crippen LogP contribution < -0.4 is 0 Å². The third-order valence-electron chi connectivity index (χ3n) is 3.32. The smallest absolute Gasteiger partial charge is 0.307 e. The maximum atomic E-state index is 12.1. The molecule has 1 fully saturated rings. The van der Waals surface area contributed by atoms with Crippen LogP contribution >= 0.6 is 0 Å². The van der Waals surface area contributed by atoms with Crippen molar-refractivity contribution in [2.75, 3.05) is 20.2 Å². The van der Waals surface area contributed by atoms with Gasteiger partial charge in [0.25, 0.3) is 0 Å². The Kier molecular flexibility index (Phi) is 4.71. The van der Waals surface area contributed by atoms with Crippen LogP contribution in [0.3, 0.4) is 0 Å². The van der Waals surface area contributed by atoms with Crippen LogP contribution in [0.2, 0.25) is 0 Å². The fraction of sp³-hybridized carbons (Fsp3) is 0.769. The van der Waals surface area contributed by atoms with Gasteiger partial charge in [0.2, 0.25) is 5.91 Å². The molecular weight excluding hydrogens is 232 g/mol. The number of hydrogen-bond acceptors (Lipinski definition) is 4. The van der Waals surface area contributed by atoms with E-state index >= 15 is 0 Å². The van der Waals surface area contributed by atoms with E-state index in [0.29, 0.717) is 31.9 Å². The van der Waals surface area contributed by atoms with Gasteiger partial charge in [-0.05, 0) is 25.7 Å². The van der Waals surface area contributed by atoms with Crippen LogP contribution in [-0.2, 0) is 14.3 Å². The number of esters is 1. The van der Waals surface area contributed by atoms with Crippen molar-refractivity contribution in [1.82, 2.24) is 4.90 Å². The number of carbonyl (C=O) groups is 2. The van der Waals surface area contributed by atoms with E-state index in [1.807, 2.05) is 6.92 Å². The monoisotopic (exact) mass is 252 g/mol. The number of hydrogen-bond donors (Lipinski definition) is 0. The normalized spacial score (nSPS) is 25.8. The van der Waals surface area contributed by atoms with E-state index in [4.69, 9.17) is 10.00 Å². The van der Waals surface area contributed by atoms with E-state index in [1.165, 1.54) is 4.90 Å². The third-order valence-corrected chi connectivity index (χ3v) is 3.32. The van der Waals surface area contributed by atoms with Crippen LogP contribution in [-0.4, -0.2) is 37.0 Å². The predicted octanol–water partition coefficient (Wildman–Crippen LogP) is 1.34. The van der Waals surface area contributed by atoms with Crippen molar-refractivity contribution in [1.29, 1.82) is 5.26 Å². The quantitative estimate of drug-likeness (QED) is 0.692. The summed E-state index contributed by atoms with van der Waals surface area (Å²) < 4.78 is 4.80. The molecule has 0 aromatic heterocycles. The van der Waals surface area contributed by atoms with Gasteiger partial charge in [0.15, 0.2) is 0 Å². The number of nitriles is 1. The lowest BCUT2D eigenvalue weighted by Gasteiger charge is -2.41. The highest BCUT2D eigenvalue weighted by atomic mass is 16.5. The average Bonchev–Trinajstić information content (AvgIpc) is 2.31. The minimum Gasteiger partial charge on any atom is -0.466 e. The van der Waals surface area contributed by atoms with Crippen molar-refractivity contribution in [3.63, 3.8) is 0 Å². The number of nitrogens with zero attached hydrogens (tertiary/aromatic N) is 2. The average molecular weight is 252 g/mol. The van der Waals surface area contributed by atoms with Crippen molar-refractivity contribution in [2.45, 2.75) is 33.1 Å². The summed E-state index contributed by atoms with van der Waals surface area (Å²) in [7, 11) is 1.63. The maximum Gasteiger partial charge on any atom is 0.307 e. The highest BCUT2D eigenvalue weighted by molar-refractivity contribution is 5.86. The second kappa shape index (κ2) is 5.85. The Bertz CT molecular complexity index is 367. The van der Waals surface area contributed by atoms with E-state index in [0.717, 1.165) is 0 Å². The van der Waals surface area contributed by atoms with Crippen LogP contribution in [0.25, 0.3) is 0 Å². The molecule has 1 saturated carbocycles. The zero-order valence-electron chi connectivity index (χ0n) is 11.2. The number of amides is 1. The molecule has 0 aromatic carbocycles. The Balaban J connectivity index is 2.47. The molecule has 0 heterocycles. The van der Waals surface area contributed by atoms with Gasteiger partial charge in [0, 0.05) is 13.6 Å². The molecule has 0 aromatic rings. The molecule has 1 rings (SSSR count). The van der Waals surface area contributed by atoms with Gasteiger partial charge >= 0.3 is 5.97 Å². The predicted molar refractivity (Wildman–Crippen MR) is 65.3 cm³/mol. The fourth-order valence-corrected chi connectivity index (χ4v) is 2.40. The van der Waals surface area contributed by atoms with Crippen LogP contribution in [0, 0.1) is 22.7 Å². The van der Waals surface area contributed by atoms with Gasteiger partial charge < -0.3 is 9.64 Å². The molecule has 0 saturated heterocycles. The van der Waals surface area contributed by atoms with E-state index < -0.39 is 5.41 Å². The summed E-state index contributed by atoms with van der Waals surface area (Å²) in [5.74, 6) is -0.0652. The Morgan fingerprint density at radius 2 is 2.11 bits per heavy atom. The molecule has 0 radical (unpaired) electrons. The number of carbonyl (C=O) groups excluding carboxylic acids is 2. The standard InChI is InChI=1S/C13H20N2O3/c1-4-18-11(16)5-6-15(3)12(17)13(9-14)7-10(2)8-13/h10H,4-8H2,1-3H3. The molecule has 1 aliphatic carbocycles. The maximum absolute atomic E-state index is 12.1. The molecule has 0 N–H and O–H groups in total. The van der Waals surface area contributed by atoms with Gasteiger partial charge in [0.1, 0.15) is 5.41 Å². The van der Waals surface area contributed by atoms with Crippen LogP contribution in [0.1, 0.15) is 33.1 Å². The second-order valence-corrected chi connectivity index (χ2v) is 4.99. The van der Waals surface area contributed by atoms with E-state index in [1.54, 1.807) is 14.0 Å². The third kappa shape index (κ3) is 3.00. The molecule has 0 aliphatic heterocycles. The van der Waals surface area contributed by atoms with Gasteiger partial charge in [-0.1, -0.05) is 6.92 Å². The molecule has 0 atom stereocenters. The lowest BCUT2D eigenvalue weighted by atomic mass is 9.63. The van der Waals surface area contributed by atoms with Gasteiger partial charge in [-0.3, -0.25) is 9.59 Å². The molecule has 100 valence electrons. The molecule has 18 heavy (non-hydrogen) atoms. The zero-order chi connectivity index (χ0) is 13.8. The van der Waals surface area contributed by atoms with Crippen molar-refractivity contribution in [3.05, 3.63) is 0 Å². The first-order valence-corrected chi connectivity index (χ1v) is 6.27. The van der Waals surface area contributed by atoms with E-state index in [9.17, 15) is 9.59 Å². The van der Waals surface area contributed by atoms with Crippen LogP contribution in [0.5, 0.6) is 0 Å². The summed E-state index contributed by atoms with van der Waals surface area (Å²) in [5, 5.41) is 9.15. The first kappa shape index (κ1) is 14.5. The molecule has 0 bridgehead atoms. The molecule has 5 nitrogen and oxygen atoms in total. The summed E-state index contributed by atoms with van der Waals surface area (Å²) in [5.41, 5.74) is -0.858. The second-order valence-electron chi connectivity index (χ2n) is 4.99. The van der Waals surface area contributed by atoms with Gasteiger partial charge in [-0.15, -0.1) is 0 Å². The molecule has 1 amide bonds. The van der Waals surface area contributed by atoms with Crippen LogP contribution in [0.4, 0.5) is 0 Å². The van der Waals surface area contributed by atoms with Gasteiger partial charge in [0.05, 0.1) is 19.1 Å². The minimum absolute atomic E-state index is 0.174. The number of rotatable bonds is 5. The zero-order valence-corrected chi connectivity index (χ0v) is 11.2. The summed E-state index contributed by atoms with van der Waals surface area (Å²) in [6.07, 6.45) is 1.41. The largest absolute Gasteiger partial charge is 0.466 e. The lowest BCUT2D eigenvalue weighted by Crippen LogP contribution is -2.49. The molecule has 5 heteroatoms. The molecular formula is C13H20N2O3. The minimum atomic E-state index is -0.858. The van der Waals surface area contributed by atoms with Crippen molar-refractivity contribution >= 4 is 11.9 Å². The van der Waals surface area contributed by atoms with Crippen molar-refractivity contribution < 1.29 is 14.3 Å². The lowest BCUT2D eigenvalue weighted by molar-refractivity contribution is -0.147. The molecule has 1 aliphatic rings. The van der Waals surface area contributed by atoms with E-state index in [2.05, 4.69) is 6.07 Å². The highest BCUT2D eigenvalue weighted by Crippen LogP contribution is 2.46. The summed E-state index contributed by atoms with van der Waals surface area (Å²) in [4.78, 5) is 24.8. The van der Waals surface area contributed by atoms with Crippen molar-refractivity contribution in [2.24, 2.45) is 11.3 Å². The molecule has 0 spiro atoms. The highest BCUT2D eigenvalue weighted by Gasteiger charge is 2.50. The first-order chi connectivity index (χ1) is 8.45. The SMILES string of the molecule is CCOC(=O)CCN(C)C(=O)C1(C#N)CC(C)C1. The van der Waals surface area contributed by atoms with Gasteiger partial charge in [-0.25, -0.2) is 0 Å². The van der Waals surface area contributed by atoms with Crippen LogP contribution in [0.15, 0.2) is 0 Å². The van der Waals surface area contributed by atoms with Crippen molar-refractivity contribution in [3.8, 4) is 6.07 Å². The Labute approximate surface area is 108 Å². The Morgan fingerprint density at radius 1 is 1.50 bits per heavy atom. The Hall–Kier alpha value is -1.57. The van der Waals surface area contributed by atoms with E-state index in [-0.39, 0.29) is 18.3 Å². The number of ether oxygens (including phenoxy) is 1. The summed E-state index contributed by atoms with van der Waals surface area (Å²) >= 11 is 0. The van der Waals surface area contributed by atoms with Gasteiger partial charge in [-0.2, -0.15) is 5.26 Å². The fourth-order valence-electron chi connectivity index (χ4n) is 2.40. The summed E-state index contributed by atoms with van der Waals surface area (Å²) in [6, 6.07) is 2.13. The summed E-state index contributed by atoms with van der Waals surface area (Å²) in [6.45, 7) is 4.42.